The van der Waals surface area contributed by atoms with E-state index in [-0.39, 0.29) is 46.9 Å². The Hall–Kier alpha value is -3.02. The normalized spacial score (nSPS) is 26.6. The summed E-state index contributed by atoms with van der Waals surface area (Å²) in [4.78, 5) is 18.2. The molecule has 1 aliphatic carbocycles. The number of nitrogens with zero attached hydrogens (tertiary/aromatic N) is 5. The number of likely N-dealkylation sites (N-methyl/N-ethyl adjacent to an activating group) is 1. The van der Waals surface area contributed by atoms with Crippen molar-refractivity contribution in [3.05, 3.63) is 28.5 Å². The first-order valence-electron chi connectivity index (χ1n) is 14.7. The maximum absolute atomic E-state index is 16.7. The number of halogens is 3. The van der Waals surface area contributed by atoms with Crippen molar-refractivity contribution < 1.29 is 28.1 Å². The molecule has 0 radical (unpaired) electrons. The highest BCUT2D eigenvalue weighted by Crippen LogP contribution is 2.50. The lowest BCUT2D eigenvalue weighted by atomic mass is 9.90. The summed E-state index contributed by atoms with van der Waals surface area (Å²) in [5.41, 5.74) is 0.423. The van der Waals surface area contributed by atoms with E-state index in [1.54, 1.807) is 0 Å². The third-order valence-electron chi connectivity index (χ3n) is 9.88. The van der Waals surface area contributed by atoms with E-state index in [0.717, 1.165) is 37.8 Å². The molecule has 12 heteroatoms. The average molecular weight is 600 g/mol. The van der Waals surface area contributed by atoms with E-state index in [1.807, 2.05) is 11.9 Å². The van der Waals surface area contributed by atoms with Gasteiger partial charge in [0.2, 0.25) is 5.88 Å². The summed E-state index contributed by atoms with van der Waals surface area (Å²) in [6.07, 6.45) is 3.81. The minimum absolute atomic E-state index is 0.00865. The summed E-state index contributed by atoms with van der Waals surface area (Å²) >= 11 is 6.57. The topological polar surface area (TPSA) is 93.1 Å². The van der Waals surface area contributed by atoms with Crippen LogP contribution in [0.3, 0.4) is 0 Å². The van der Waals surface area contributed by atoms with Crippen LogP contribution >= 0.6 is 11.6 Å². The first-order chi connectivity index (χ1) is 20.3. The largest absolute Gasteiger partial charge is 0.508 e. The Kier molecular flexibility index (Phi) is 6.01. The number of aromatic nitrogens is 3. The first kappa shape index (κ1) is 26.6. The van der Waals surface area contributed by atoms with Crippen molar-refractivity contribution in [2.75, 3.05) is 51.5 Å². The van der Waals surface area contributed by atoms with Gasteiger partial charge in [-0.15, -0.1) is 0 Å². The molecule has 1 spiro atoms. The number of fused-ring (bicyclic) bond motifs is 1. The summed E-state index contributed by atoms with van der Waals surface area (Å²) in [6.45, 7) is 2.77. The molecule has 6 heterocycles. The van der Waals surface area contributed by atoms with Gasteiger partial charge in [-0.25, -0.2) is 13.8 Å². The Morgan fingerprint density at radius 3 is 2.79 bits per heavy atom. The van der Waals surface area contributed by atoms with Crippen molar-refractivity contribution in [1.29, 1.82) is 0 Å². The monoisotopic (exact) mass is 599 g/mol. The zero-order chi connectivity index (χ0) is 28.8. The van der Waals surface area contributed by atoms with Gasteiger partial charge in [0.05, 0.1) is 30.9 Å². The molecule has 3 saturated heterocycles. The molecule has 5 aliphatic rings. The molecule has 2 atom stereocenters. The SMILES string of the molecule is CN1c2nc(OC[C@@]34CCCN3C[C@H](F)C4)nc3c(F)c(-c4cc(O)cc(Cl)c4C4CC4)nc(c23)OCCC12COC2. The molecule has 0 bridgehead atoms. The zero-order valence-electron chi connectivity index (χ0n) is 23.3. The van der Waals surface area contributed by atoms with Gasteiger partial charge in [-0.3, -0.25) is 4.90 Å². The van der Waals surface area contributed by atoms with Crippen LogP contribution in [0.1, 0.15) is 50.0 Å². The van der Waals surface area contributed by atoms with Crippen LogP contribution in [0, 0.1) is 5.82 Å². The number of ether oxygens (including phenoxy) is 3. The van der Waals surface area contributed by atoms with Crippen LogP contribution in [0.4, 0.5) is 14.6 Å². The molecule has 222 valence electrons. The zero-order valence-corrected chi connectivity index (χ0v) is 24.1. The van der Waals surface area contributed by atoms with Crippen molar-refractivity contribution in [2.24, 2.45) is 0 Å². The van der Waals surface area contributed by atoms with Crippen LogP contribution in [0.2, 0.25) is 5.02 Å². The molecule has 0 unspecified atom stereocenters. The number of hydrogen-bond acceptors (Lipinski definition) is 9. The highest BCUT2D eigenvalue weighted by Gasteiger charge is 2.50. The lowest BCUT2D eigenvalue weighted by molar-refractivity contribution is -0.0646. The predicted molar refractivity (Wildman–Crippen MR) is 152 cm³/mol. The second kappa shape index (κ2) is 9.49. The minimum Gasteiger partial charge on any atom is -0.508 e. The molecule has 4 aliphatic heterocycles. The maximum Gasteiger partial charge on any atom is 0.319 e. The third-order valence-corrected chi connectivity index (χ3v) is 10.2. The Morgan fingerprint density at radius 2 is 2.02 bits per heavy atom. The Bertz CT molecular complexity index is 1600. The smallest absolute Gasteiger partial charge is 0.319 e. The molecule has 9 nitrogen and oxygen atoms in total. The molecule has 2 aromatic heterocycles. The number of phenols is 1. The van der Waals surface area contributed by atoms with E-state index in [2.05, 4.69) is 14.9 Å². The van der Waals surface area contributed by atoms with Crippen LogP contribution < -0.4 is 14.4 Å². The highest BCUT2D eigenvalue weighted by atomic mass is 35.5. The van der Waals surface area contributed by atoms with E-state index in [4.69, 9.17) is 30.8 Å². The van der Waals surface area contributed by atoms with E-state index in [9.17, 15) is 9.50 Å². The van der Waals surface area contributed by atoms with Crippen molar-refractivity contribution >= 4 is 28.3 Å². The van der Waals surface area contributed by atoms with E-state index in [1.165, 1.54) is 12.1 Å². The summed E-state index contributed by atoms with van der Waals surface area (Å²) in [5, 5.41) is 11.1. The molecule has 3 aromatic rings. The molecule has 1 aromatic carbocycles. The number of hydrogen-bond donors (Lipinski definition) is 1. The standard InChI is InChI=1S/C30H32ClF2N5O4/c1-37-26-22-25(35-28(36-26)42-15-29-5-2-7-38(29)12-17(32)11-29)23(33)24(34-27(22)41-8-6-30(37)13-40-14-30)19-9-18(39)10-20(31)21(19)16-3-4-16/h9-10,16-17,39H,2-8,11-15H2,1H3/t17-,29+/m1/s1. The molecule has 4 fully saturated rings. The van der Waals surface area contributed by atoms with Gasteiger partial charge in [0.1, 0.15) is 40.9 Å². The molecule has 0 amide bonds. The van der Waals surface area contributed by atoms with Gasteiger partial charge in [0.15, 0.2) is 5.82 Å². The van der Waals surface area contributed by atoms with Crippen molar-refractivity contribution in [1.82, 2.24) is 19.9 Å². The molecule has 8 rings (SSSR count). The van der Waals surface area contributed by atoms with Gasteiger partial charge in [-0.2, -0.15) is 9.97 Å². The Morgan fingerprint density at radius 1 is 1.19 bits per heavy atom. The lowest BCUT2D eigenvalue weighted by Gasteiger charge is -2.49. The molecule has 42 heavy (non-hydrogen) atoms. The average Bonchev–Trinajstić information content (AvgIpc) is 3.61. The number of anilines is 1. The van der Waals surface area contributed by atoms with Crippen molar-refractivity contribution in [2.45, 2.75) is 61.7 Å². The first-order valence-corrected chi connectivity index (χ1v) is 15.1. The van der Waals surface area contributed by atoms with Crippen molar-refractivity contribution in [3.8, 4) is 28.9 Å². The van der Waals surface area contributed by atoms with Crippen LogP contribution in [0.5, 0.6) is 17.6 Å². The highest BCUT2D eigenvalue weighted by molar-refractivity contribution is 6.32. The van der Waals surface area contributed by atoms with Gasteiger partial charge in [0, 0.05) is 37.0 Å². The van der Waals surface area contributed by atoms with Crippen LogP contribution in [-0.2, 0) is 4.74 Å². The van der Waals surface area contributed by atoms with Gasteiger partial charge in [-0.05, 0) is 55.8 Å². The number of pyridine rings is 1. The predicted octanol–water partition coefficient (Wildman–Crippen LogP) is 5.01. The number of aromatic hydroxyl groups is 1. The van der Waals surface area contributed by atoms with E-state index < -0.39 is 17.5 Å². The molecule has 1 N–H and O–H groups in total. The van der Waals surface area contributed by atoms with E-state index in [0.29, 0.717) is 61.0 Å². The van der Waals surface area contributed by atoms with E-state index >= 15 is 4.39 Å². The second-order valence-electron chi connectivity index (χ2n) is 12.5. The van der Waals surface area contributed by atoms with Crippen LogP contribution in [-0.4, -0.2) is 88.8 Å². The Labute approximate surface area is 246 Å². The number of benzene rings is 1. The summed E-state index contributed by atoms with van der Waals surface area (Å²) in [5.74, 6) is 0.0664. The number of phenolic OH excluding ortho intramolecular Hbond substituents is 1. The second-order valence-corrected chi connectivity index (χ2v) is 12.9. The molecular weight excluding hydrogens is 568 g/mol. The van der Waals surface area contributed by atoms with Gasteiger partial charge in [-0.1, -0.05) is 11.6 Å². The molecular formula is C30H32ClF2N5O4. The van der Waals surface area contributed by atoms with Gasteiger partial charge in [0.25, 0.3) is 0 Å². The summed E-state index contributed by atoms with van der Waals surface area (Å²) < 4.78 is 49.2. The third kappa shape index (κ3) is 4.03. The minimum atomic E-state index is -0.898. The fourth-order valence-corrected chi connectivity index (χ4v) is 7.70. The maximum atomic E-state index is 16.7. The van der Waals surface area contributed by atoms with Crippen molar-refractivity contribution in [3.63, 3.8) is 0 Å². The number of alkyl halides is 1. The van der Waals surface area contributed by atoms with Crippen LogP contribution in [0.15, 0.2) is 12.1 Å². The van der Waals surface area contributed by atoms with Crippen LogP contribution in [0.25, 0.3) is 22.2 Å². The number of rotatable bonds is 5. The van der Waals surface area contributed by atoms with Gasteiger partial charge < -0.3 is 24.2 Å². The fraction of sp³-hybridized carbons (Fsp3) is 0.567. The Balaban J connectivity index is 1.30. The quantitative estimate of drug-likeness (QED) is 0.434. The van der Waals surface area contributed by atoms with Gasteiger partial charge >= 0.3 is 6.01 Å². The fourth-order valence-electron chi connectivity index (χ4n) is 7.33. The summed E-state index contributed by atoms with van der Waals surface area (Å²) in [7, 11) is 1.91. The molecule has 1 saturated carbocycles. The summed E-state index contributed by atoms with van der Waals surface area (Å²) in [6, 6.07) is 2.99. The lowest BCUT2D eigenvalue weighted by Crippen LogP contribution is -2.62.